The van der Waals surface area contributed by atoms with Crippen LogP contribution in [0.5, 0.6) is 5.75 Å². The van der Waals surface area contributed by atoms with Crippen molar-refractivity contribution in [3.8, 4) is 5.75 Å². The molecule has 0 aromatic heterocycles. The Morgan fingerprint density at radius 2 is 2.10 bits per heavy atom. The fourth-order valence-electron chi connectivity index (χ4n) is 1.51. The van der Waals surface area contributed by atoms with Gasteiger partial charge in [0.05, 0.1) is 17.0 Å². The van der Waals surface area contributed by atoms with E-state index in [1.54, 1.807) is 0 Å². The minimum Gasteiger partial charge on any atom is -0.495 e. The SMILES string of the molecule is COc1ccc(S(=O)(=O)NCCCCC(=O)O)cc1Cl. The fraction of sp³-hybridized carbons (Fsp3) is 0.417. The number of halogens is 1. The minimum atomic E-state index is -3.65. The Kier molecular flexibility index (Phi) is 6.25. The summed E-state index contributed by atoms with van der Waals surface area (Å²) in [7, 11) is -2.21. The van der Waals surface area contributed by atoms with Crippen molar-refractivity contribution in [1.29, 1.82) is 0 Å². The van der Waals surface area contributed by atoms with Crippen LogP contribution in [0.2, 0.25) is 5.02 Å². The van der Waals surface area contributed by atoms with Crippen LogP contribution in [0.1, 0.15) is 19.3 Å². The predicted octanol–water partition coefficient (Wildman–Crippen LogP) is 1.88. The smallest absolute Gasteiger partial charge is 0.303 e. The summed E-state index contributed by atoms with van der Waals surface area (Å²) < 4.78 is 31.2. The Morgan fingerprint density at radius 3 is 2.65 bits per heavy atom. The number of ether oxygens (including phenoxy) is 1. The van der Waals surface area contributed by atoms with Gasteiger partial charge < -0.3 is 9.84 Å². The van der Waals surface area contributed by atoms with E-state index in [4.69, 9.17) is 21.4 Å². The standard InChI is InChI=1S/C12H16ClNO5S/c1-19-11-6-5-9(8-10(11)13)20(17,18)14-7-3-2-4-12(15)16/h5-6,8,14H,2-4,7H2,1H3,(H,15,16). The van der Waals surface area contributed by atoms with E-state index in [2.05, 4.69) is 4.72 Å². The van der Waals surface area contributed by atoms with Gasteiger partial charge in [-0.2, -0.15) is 0 Å². The molecule has 1 aromatic carbocycles. The van der Waals surface area contributed by atoms with Gasteiger partial charge in [-0.3, -0.25) is 4.79 Å². The molecule has 0 heterocycles. The van der Waals surface area contributed by atoms with Gasteiger partial charge in [-0.15, -0.1) is 0 Å². The van der Waals surface area contributed by atoms with E-state index in [0.717, 1.165) is 0 Å². The zero-order valence-corrected chi connectivity index (χ0v) is 12.5. The van der Waals surface area contributed by atoms with E-state index in [-0.39, 0.29) is 22.9 Å². The van der Waals surface area contributed by atoms with Gasteiger partial charge in [-0.25, -0.2) is 13.1 Å². The minimum absolute atomic E-state index is 0.0239. The number of sulfonamides is 1. The van der Waals surface area contributed by atoms with Crippen LogP contribution in [0, 0.1) is 0 Å². The maximum absolute atomic E-state index is 12.0. The molecule has 0 aliphatic carbocycles. The molecule has 1 rings (SSSR count). The molecule has 8 heteroatoms. The molecule has 2 N–H and O–H groups in total. The van der Waals surface area contributed by atoms with E-state index < -0.39 is 16.0 Å². The maximum Gasteiger partial charge on any atom is 0.303 e. The van der Waals surface area contributed by atoms with Crippen LogP contribution in [-0.2, 0) is 14.8 Å². The zero-order valence-electron chi connectivity index (χ0n) is 10.9. The number of carboxylic acids is 1. The lowest BCUT2D eigenvalue weighted by Crippen LogP contribution is -2.24. The molecule has 20 heavy (non-hydrogen) atoms. The summed E-state index contributed by atoms with van der Waals surface area (Å²) in [5.41, 5.74) is 0. The lowest BCUT2D eigenvalue weighted by molar-refractivity contribution is -0.137. The number of methoxy groups -OCH3 is 1. The molecule has 112 valence electrons. The highest BCUT2D eigenvalue weighted by Gasteiger charge is 2.15. The van der Waals surface area contributed by atoms with Gasteiger partial charge in [0.15, 0.2) is 0 Å². The summed E-state index contributed by atoms with van der Waals surface area (Å²) in [5.74, 6) is -0.498. The second-order valence-electron chi connectivity index (χ2n) is 4.04. The number of aliphatic carboxylic acids is 1. The normalized spacial score (nSPS) is 11.3. The van der Waals surface area contributed by atoms with Crippen LogP contribution in [0.25, 0.3) is 0 Å². The molecule has 0 fully saturated rings. The van der Waals surface area contributed by atoms with E-state index in [1.807, 2.05) is 0 Å². The molecule has 0 saturated carbocycles. The van der Waals surface area contributed by atoms with Crippen molar-refractivity contribution in [3.05, 3.63) is 23.2 Å². The number of rotatable bonds is 8. The average Bonchev–Trinajstić information content (AvgIpc) is 2.37. The topological polar surface area (TPSA) is 92.7 Å². The monoisotopic (exact) mass is 321 g/mol. The van der Waals surface area contributed by atoms with Crippen molar-refractivity contribution in [3.63, 3.8) is 0 Å². The van der Waals surface area contributed by atoms with Gasteiger partial charge in [0.1, 0.15) is 5.75 Å². The third kappa shape index (κ3) is 4.99. The Bertz CT molecular complexity index is 573. The van der Waals surface area contributed by atoms with Gasteiger partial charge in [0.2, 0.25) is 10.0 Å². The quantitative estimate of drug-likeness (QED) is 0.713. The van der Waals surface area contributed by atoms with Gasteiger partial charge in [0, 0.05) is 13.0 Å². The number of carboxylic acid groups (broad SMARTS) is 1. The van der Waals surface area contributed by atoms with E-state index >= 15 is 0 Å². The van der Waals surface area contributed by atoms with Crippen molar-refractivity contribution < 1.29 is 23.1 Å². The third-order valence-corrected chi connectivity index (χ3v) is 4.30. The molecule has 0 bridgehead atoms. The fourth-order valence-corrected chi connectivity index (χ4v) is 2.93. The van der Waals surface area contributed by atoms with Crippen molar-refractivity contribution in [2.45, 2.75) is 24.2 Å². The summed E-state index contributed by atoms with van der Waals surface area (Å²) in [6, 6.07) is 4.17. The molecule has 6 nitrogen and oxygen atoms in total. The third-order valence-electron chi connectivity index (χ3n) is 2.54. The Morgan fingerprint density at radius 1 is 1.40 bits per heavy atom. The van der Waals surface area contributed by atoms with Crippen LogP contribution < -0.4 is 9.46 Å². The molecule has 0 atom stereocenters. The first-order valence-corrected chi connectivity index (χ1v) is 7.78. The highest BCUT2D eigenvalue weighted by atomic mass is 35.5. The Labute approximate surface area is 122 Å². The molecular weight excluding hydrogens is 306 g/mol. The summed E-state index contributed by atoms with van der Waals surface area (Å²) >= 11 is 5.87. The number of nitrogens with one attached hydrogen (secondary N) is 1. The molecule has 0 radical (unpaired) electrons. The van der Waals surface area contributed by atoms with Crippen molar-refractivity contribution >= 4 is 27.6 Å². The molecule has 0 aliphatic rings. The van der Waals surface area contributed by atoms with Crippen molar-refractivity contribution in [2.24, 2.45) is 0 Å². The first kappa shape index (κ1) is 16.7. The van der Waals surface area contributed by atoms with Gasteiger partial charge in [-0.05, 0) is 31.0 Å². The number of unbranched alkanes of at least 4 members (excludes halogenated alkanes) is 1. The lowest BCUT2D eigenvalue weighted by atomic mass is 10.2. The first-order chi connectivity index (χ1) is 9.36. The van der Waals surface area contributed by atoms with E-state index in [9.17, 15) is 13.2 Å². The van der Waals surface area contributed by atoms with E-state index in [1.165, 1.54) is 25.3 Å². The predicted molar refractivity (Wildman–Crippen MR) is 74.7 cm³/mol. The maximum atomic E-state index is 12.0. The summed E-state index contributed by atoms with van der Waals surface area (Å²) in [6.07, 6.45) is 0.896. The highest BCUT2D eigenvalue weighted by Crippen LogP contribution is 2.26. The van der Waals surface area contributed by atoms with Crippen LogP contribution >= 0.6 is 11.6 Å². The molecular formula is C12H16ClNO5S. The zero-order chi connectivity index (χ0) is 15.2. The van der Waals surface area contributed by atoms with Crippen LogP contribution in [0.3, 0.4) is 0 Å². The van der Waals surface area contributed by atoms with Crippen LogP contribution in [0.4, 0.5) is 0 Å². The van der Waals surface area contributed by atoms with Crippen LogP contribution in [0.15, 0.2) is 23.1 Å². The van der Waals surface area contributed by atoms with Gasteiger partial charge in [0.25, 0.3) is 0 Å². The van der Waals surface area contributed by atoms with Crippen molar-refractivity contribution in [1.82, 2.24) is 4.72 Å². The second kappa shape index (κ2) is 7.47. The van der Waals surface area contributed by atoms with Crippen molar-refractivity contribution in [2.75, 3.05) is 13.7 Å². The van der Waals surface area contributed by atoms with Crippen LogP contribution in [-0.4, -0.2) is 33.1 Å². The number of carbonyl (C=O) groups is 1. The first-order valence-electron chi connectivity index (χ1n) is 5.92. The summed E-state index contributed by atoms with van der Waals surface area (Å²) in [4.78, 5) is 10.4. The molecule has 0 amide bonds. The largest absolute Gasteiger partial charge is 0.495 e. The van der Waals surface area contributed by atoms with Gasteiger partial charge in [-0.1, -0.05) is 11.6 Å². The molecule has 0 aliphatic heterocycles. The molecule has 1 aromatic rings. The average molecular weight is 322 g/mol. The summed E-state index contributed by atoms with van der Waals surface area (Å²) in [5, 5.41) is 8.67. The number of hydrogen-bond donors (Lipinski definition) is 2. The highest BCUT2D eigenvalue weighted by molar-refractivity contribution is 7.89. The van der Waals surface area contributed by atoms with Gasteiger partial charge >= 0.3 is 5.97 Å². The van der Waals surface area contributed by atoms with E-state index in [0.29, 0.717) is 18.6 Å². The second-order valence-corrected chi connectivity index (χ2v) is 6.22. The lowest BCUT2D eigenvalue weighted by Gasteiger charge is -2.08. The Balaban J connectivity index is 2.60. The molecule has 0 unspecified atom stereocenters. The Hall–Kier alpha value is -1.31. The molecule has 0 spiro atoms. The number of hydrogen-bond acceptors (Lipinski definition) is 4. The summed E-state index contributed by atoms with van der Waals surface area (Å²) in [6.45, 7) is 0.180. The molecule has 0 saturated heterocycles. The number of benzene rings is 1.